The van der Waals surface area contributed by atoms with Gasteiger partial charge in [0.05, 0.1) is 49.8 Å². The Morgan fingerprint density at radius 1 is 1.10 bits per heavy atom. The molecule has 0 aliphatic carbocycles. The van der Waals surface area contributed by atoms with Gasteiger partial charge in [0.25, 0.3) is 5.56 Å². The summed E-state index contributed by atoms with van der Waals surface area (Å²) in [5.41, 5.74) is 0.488. The number of nitrogens with one attached hydrogen (secondary N) is 1. The van der Waals surface area contributed by atoms with E-state index in [1.165, 1.54) is 44.4 Å². The largest absolute Gasteiger partial charge is 0.493 e. The number of hydrogen-bond acceptors (Lipinski definition) is 7. The van der Waals surface area contributed by atoms with Crippen molar-refractivity contribution in [2.75, 3.05) is 26.6 Å². The SMILES string of the molecule is CC[C@@H](C(=O)Nc1cc(OC)c(OC)cc1C(=O)OC)n1cnc2ccccc2c1=O. The van der Waals surface area contributed by atoms with Crippen molar-refractivity contribution in [3.8, 4) is 11.5 Å². The van der Waals surface area contributed by atoms with E-state index in [9.17, 15) is 14.4 Å². The molecule has 3 aromatic rings. The van der Waals surface area contributed by atoms with Gasteiger partial charge in [0.15, 0.2) is 11.5 Å². The van der Waals surface area contributed by atoms with Crippen molar-refractivity contribution < 1.29 is 23.8 Å². The number of para-hydroxylation sites is 1. The fourth-order valence-corrected chi connectivity index (χ4v) is 3.29. The van der Waals surface area contributed by atoms with E-state index < -0.39 is 17.9 Å². The van der Waals surface area contributed by atoms with Crippen LogP contribution in [0, 0.1) is 0 Å². The monoisotopic (exact) mass is 425 g/mol. The second-order valence-corrected chi connectivity index (χ2v) is 6.63. The number of anilines is 1. The van der Waals surface area contributed by atoms with Crippen molar-refractivity contribution in [3.63, 3.8) is 0 Å². The number of amides is 1. The maximum Gasteiger partial charge on any atom is 0.340 e. The van der Waals surface area contributed by atoms with Gasteiger partial charge in [-0.3, -0.25) is 14.2 Å². The van der Waals surface area contributed by atoms with Crippen molar-refractivity contribution in [1.82, 2.24) is 9.55 Å². The Morgan fingerprint density at radius 2 is 1.77 bits per heavy atom. The molecule has 2 aromatic carbocycles. The van der Waals surface area contributed by atoms with E-state index in [-0.39, 0.29) is 16.8 Å². The molecule has 1 atom stereocenters. The molecule has 162 valence electrons. The van der Waals surface area contributed by atoms with E-state index in [1.807, 2.05) is 0 Å². The third-order valence-corrected chi connectivity index (χ3v) is 4.90. The van der Waals surface area contributed by atoms with Crippen LogP contribution in [0.25, 0.3) is 10.9 Å². The van der Waals surface area contributed by atoms with Crippen LogP contribution in [-0.2, 0) is 9.53 Å². The van der Waals surface area contributed by atoms with E-state index in [1.54, 1.807) is 31.2 Å². The van der Waals surface area contributed by atoms with Gasteiger partial charge in [0, 0.05) is 12.1 Å². The third kappa shape index (κ3) is 4.20. The summed E-state index contributed by atoms with van der Waals surface area (Å²) in [6.45, 7) is 1.78. The van der Waals surface area contributed by atoms with E-state index in [0.717, 1.165) is 0 Å². The minimum absolute atomic E-state index is 0.0901. The van der Waals surface area contributed by atoms with Crippen LogP contribution in [0.3, 0.4) is 0 Å². The molecule has 31 heavy (non-hydrogen) atoms. The molecule has 0 bridgehead atoms. The van der Waals surface area contributed by atoms with Crippen LogP contribution in [0.5, 0.6) is 11.5 Å². The average molecular weight is 425 g/mol. The topological polar surface area (TPSA) is 109 Å². The lowest BCUT2D eigenvalue weighted by atomic mass is 10.1. The maximum absolute atomic E-state index is 13.1. The zero-order valence-corrected chi connectivity index (χ0v) is 17.7. The fraction of sp³-hybridized carbons (Fsp3) is 0.273. The molecule has 9 heteroatoms. The van der Waals surface area contributed by atoms with Crippen molar-refractivity contribution in [2.45, 2.75) is 19.4 Å². The Hall–Kier alpha value is -3.88. The van der Waals surface area contributed by atoms with Crippen molar-refractivity contribution in [1.29, 1.82) is 0 Å². The van der Waals surface area contributed by atoms with Gasteiger partial charge in [-0.25, -0.2) is 9.78 Å². The number of methoxy groups -OCH3 is 3. The fourth-order valence-electron chi connectivity index (χ4n) is 3.29. The van der Waals surface area contributed by atoms with E-state index in [2.05, 4.69) is 10.3 Å². The van der Waals surface area contributed by atoms with Gasteiger partial charge >= 0.3 is 5.97 Å². The zero-order chi connectivity index (χ0) is 22.5. The number of fused-ring (bicyclic) bond motifs is 1. The van der Waals surface area contributed by atoms with E-state index in [4.69, 9.17) is 14.2 Å². The molecule has 1 N–H and O–H groups in total. The van der Waals surface area contributed by atoms with Crippen LogP contribution in [-0.4, -0.2) is 42.8 Å². The van der Waals surface area contributed by atoms with Gasteiger partial charge < -0.3 is 19.5 Å². The number of carbonyl (C=O) groups is 2. The predicted molar refractivity (Wildman–Crippen MR) is 115 cm³/mol. The smallest absolute Gasteiger partial charge is 0.340 e. The molecule has 0 saturated heterocycles. The summed E-state index contributed by atoms with van der Waals surface area (Å²) >= 11 is 0. The highest BCUT2D eigenvalue weighted by Crippen LogP contribution is 2.34. The second-order valence-electron chi connectivity index (χ2n) is 6.63. The molecule has 1 heterocycles. The second kappa shape index (κ2) is 9.29. The van der Waals surface area contributed by atoms with Gasteiger partial charge in [-0.2, -0.15) is 0 Å². The van der Waals surface area contributed by atoms with Crippen molar-refractivity contribution in [3.05, 3.63) is 58.6 Å². The molecule has 0 aliphatic heterocycles. The van der Waals surface area contributed by atoms with E-state index in [0.29, 0.717) is 28.8 Å². The first-order valence-corrected chi connectivity index (χ1v) is 9.56. The molecule has 0 aliphatic rings. The van der Waals surface area contributed by atoms with Gasteiger partial charge in [-0.05, 0) is 18.6 Å². The van der Waals surface area contributed by atoms with Gasteiger partial charge in [-0.1, -0.05) is 19.1 Å². The van der Waals surface area contributed by atoms with Crippen LogP contribution in [0.1, 0.15) is 29.7 Å². The molecule has 0 fully saturated rings. The Morgan fingerprint density at radius 3 is 2.42 bits per heavy atom. The first-order valence-electron chi connectivity index (χ1n) is 9.56. The summed E-state index contributed by atoms with van der Waals surface area (Å²) in [7, 11) is 4.11. The summed E-state index contributed by atoms with van der Waals surface area (Å²) in [4.78, 5) is 42.6. The highest BCUT2D eigenvalue weighted by Gasteiger charge is 2.24. The van der Waals surface area contributed by atoms with E-state index >= 15 is 0 Å². The molecular formula is C22H23N3O6. The predicted octanol–water partition coefficient (Wildman–Crippen LogP) is 2.79. The van der Waals surface area contributed by atoms with Crippen molar-refractivity contribution in [2.24, 2.45) is 0 Å². The molecular weight excluding hydrogens is 402 g/mol. The highest BCUT2D eigenvalue weighted by atomic mass is 16.5. The maximum atomic E-state index is 13.1. The first kappa shape index (κ1) is 21.8. The van der Waals surface area contributed by atoms with Gasteiger partial charge in [0.1, 0.15) is 6.04 Å². The summed E-state index contributed by atoms with van der Waals surface area (Å²) in [6, 6.07) is 8.96. The molecule has 1 amide bonds. The number of esters is 1. The first-order chi connectivity index (χ1) is 14.9. The number of rotatable bonds is 7. The number of aromatic nitrogens is 2. The lowest BCUT2D eigenvalue weighted by Crippen LogP contribution is -2.33. The molecule has 0 radical (unpaired) electrons. The van der Waals surface area contributed by atoms with Crippen LogP contribution in [0.2, 0.25) is 0 Å². The Kier molecular flexibility index (Phi) is 6.54. The minimum atomic E-state index is -0.844. The molecule has 0 saturated carbocycles. The molecule has 3 rings (SSSR count). The number of ether oxygens (including phenoxy) is 3. The number of carbonyl (C=O) groups excluding carboxylic acids is 2. The lowest BCUT2D eigenvalue weighted by molar-refractivity contribution is -0.119. The summed E-state index contributed by atoms with van der Waals surface area (Å²) in [5.74, 6) is -0.515. The summed E-state index contributed by atoms with van der Waals surface area (Å²) < 4.78 is 16.6. The molecule has 0 unspecified atom stereocenters. The van der Waals surface area contributed by atoms with Crippen LogP contribution in [0.4, 0.5) is 5.69 Å². The Labute approximate surface area is 178 Å². The molecule has 9 nitrogen and oxygen atoms in total. The number of benzene rings is 2. The number of nitrogens with zero attached hydrogens (tertiary/aromatic N) is 2. The normalized spacial score (nSPS) is 11.6. The standard InChI is InChI=1S/C22H23N3O6/c1-5-17(25-12-23-15-9-7-6-8-13(15)21(25)27)20(26)24-16-11-19(30-3)18(29-2)10-14(16)22(28)31-4/h6-12,17H,5H2,1-4H3,(H,24,26)/t17-/m0/s1. The highest BCUT2D eigenvalue weighted by molar-refractivity contribution is 6.03. The molecule has 1 aromatic heterocycles. The van der Waals surface area contributed by atoms with Crippen molar-refractivity contribution >= 4 is 28.5 Å². The van der Waals surface area contributed by atoms with Crippen LogP contribution in [0.15, 0.2) is 47.5 Å². The van der Waals surface area contributed by atoms with Gasteiger partial charge in [-0.15, -0.1) is 0 Å². The average Bonchev–Trinajstić information content (AvgIpc) is 2.80. The Balaban J connectivity index is 2.02. The van der Waals surface area contributed by atoms with Crippen LogP contribution >= 0.6 is 0 Å². The lowest BCUT2D eigenvalue weighted by Gasteiger charge is -2.20. The summed E-state index contributed by atoms with van der Waals surface area (Å²) in [5, 5.41) is 3.13. The molecule has 0 spiro atoms. The number of hydrogen-bond donors (Lipinski definition) is 1. The zero-order valence-electron chi connectivity index (χ0n) is 17.7. The third-order valence-electron chi connectivity index (χ3n) is 4.90. The quantitative estimate of drug-likeness (QED) is 0.580. The minimum Gasteiger partial charge on any atom is -0.493 e. The summed E-state index contributed by atoms with van der Waals surface area (Å²) in [6.07, 6.45) is 1.68. The Bertz CT molecular complexity index is 1190. The van der Waals surface area contributed by atoms with Gasteiger partial charge in [0.2, 0.25) is 5.91 Å². The van der Waals surface area contributed by atoms with Crippen LogP contribution < -0.4 is 20.3 Å².